The summed E-state index contributed by atoms with van der Waals surface area (Å²) in [5, 5.41) is 3.34. The van der Waals surface area contributed by atoms with Crippen molar-refractivity contribution in [3.8, 4) is 0 Å². The molecule has 0 radical (unpaired) electrons. The van der Waals surface area contributed by atoms with Crippen molar-refractivity contribution in [1.82, 2.24) is 20.0 Å². The highest BCUT2D eigenvalue weighted by molar-refractivity contribution is 5.94. The lowest BCUT2D eigenvalue weighted by molar-refractivity contribution is -0.127. The Morgan fingerprint density at radius 3 is 2.36 bits per heavy atom. The highest BCUT2D eigenvalue weighted by Gasteiger charge is 2.31. The Balaban J connectivity index is 1.41. The summed E-state index contributed by atoms with van der Waals surface area (Å²) in [6, 6.07) is 17.9. The maximum Gasteiger partial charge on any atom is 0.253 e. The highest BCUT2D eigenvalue weighted by atomic mass is 16.2. The van der Waals surface area contributed by atoms with Crippen molar-refractivity contribution in [2.24, 2.45) is 5.92 Å². The second-order valence-corrected chi connectivity index (χ2v) is 9.53. The molecule has 2 aliphatic rings. The number of likely N-dealkylation sites (N-methyl/N-ethyl adjacent to an activating group) is 1. The number of piperidine rings is 1. The lowest BCUT2D eigenvalue weighted by Crippen LogP contribution is -2.50. The fourth-order valence-corrected chi connectivity index (χ4v) is 4.75. The van der Waals surface area contributed by atoms with Crippen molar-refractivity contribution in [3.05, 3.63) is 71.3 Å². The summed E-state index contributed by atoms with van der Waals surface area (Å²) >= 11 is 0. The number of carbonyl (C=O) groups is 2. The molecule has 0 aromatic heterocycles. The number of piperazine rings is 1. The van der Waals surface area contributed by atoms with E-state index >= 15 is 0 Å². The van der Waals surface area contributed by atoms with Gasteiger partial charge in [0.2, 0.25) is 5.91 Å². The second-order valence-electron chi connectivity index (χ2n) is 9.53. The SMILES string of the molecule is Cc1ccc(C(=O)N2CCCC(C(=O)NC(CN3CCN(C)CC3)c3ccccc3)C2)cc1. The predicted molar refractivity (Wildman–Crippen MR) is 131 cm³/mol. The maximum absolute atomic E-state index is 13.3. The lowest BCUT2D eigenvalue weighted by atomic mass is 9.95. The van der Waals surface area contributed by atoms with Crippen LogP contribution >= 0.6 is 0 Å². The van der Waals surface area contributed by atoms with Crippen LogP contribution in [0.1, 0.15) is 40.4 Å². The van der Waals surface area contributed by atoms with Crippen molar-refractivity contribution >= 4 is 11.8 Å². The standard InChI is InChI=1S/C27H36N4O2/c1-21-10-12-23(13-11-21)27(33)31-14-6-9-24(19-31)26(32)28-25(22-7-4-3-5-8-22)20-30-17-15-29(2)16-18-30/h3-5,7-8,10-13,24-25H,6,9,14-20H2,1-2H3,(H,28,32). The van der Waals surface area contributed by atoms with Gasteiger partial charge in [-0.15, -0.1) is 0 Å². The molecule has 2 fully saturated rings. The molecule has 2 atom stereocenters. The van der Waals surface area contributed by atoms with Crippen LogP contribution in [0, 0.1) is 12.8 Å². The Morgan fingerprint density at radius 2 is 1.67 bits per heavy atom. The fraction of sp³-hybridized carbons (Fsp3) is 0.481. The molecule has 2 saturated heterocycles. The van der Waals surface area contributed by atoms with Crippen LogP contribution in [0.4, 0.5) is 0 Å². The molecule has 176 valence electrons. The third-order valence-electron chi connectivity index (χ3n) is 6.93. The first-order valence-corrected chi connectivity index (χ1v) is 12.1. The van der Waals surface area contributed by atoms with Crippen LogP contribution in [0.2, 0.25) is 0 Å². The summed E-state index contributed by atoms with van der Waals surface area (Å²) in [6.45, 7) is 8.13. The Hall–Kier alpha value is -2.70. The van der Waals surface area contributed by atoms with E-state index in [0.29, 0.717) is 18.7 Å². The summed E-state index contributed by atoms with van der Waals surface area (Å²) in [5.41, 5.74) is 2.96. The van der Waals surface area contributed by atoms with Crippen molar-refractivity contribution in [2.45, 2.75) is 25.8 Å². The average molecular weight is 449 g/mol. The topological polar surface area (TPSA) is 55.9 Å². The molecule has 0 saturated carbocycles. The molecular weight excluding hydrogens is 412 g/mol. The monoisotopic (exact) mass is 448 g/mol. The molecule has 1 N–H and O–H groups in total. The predicted octanol–water partition coefficient (Wildman–Crippen LogP) is 2.95. The number of likely N-dealkylation sites (tertiary alicyclic amines) is 1. The summed E-state index contributed by atoms with van der Waals surface area (Å²) in [4.78, 5) is 33.0. The van der Waals surface area contributed by atoms with Crippen LogP contribution in [-0.2, 0) is 4.79 Å². The minimum atomic E-state index is -0.174. The smallest absolute Gasteiger partial charge is 0.253 e. The minimum absolute atomic E-state index is 0.0181. The number of amides is 2. The zero-order valence-electron chi connectivity index (χ0n) is 19.9. The van der Waals surface area contributed by atoms with E-state index in [1.165, 1.54) is 0 Å². The molecule has 0 spiro atoms. The number of rotatable bonds is 6. The molecular formula is C27H36N4O2. The highest BCUT2D eigenvalue weighted by Crippen LogP contribution is 2.22. The first kappa shape index (κ1) is 23.5. The van der Waals surface area contributed by atoms with E-state index in [4.69, 9.17) is 0 Å². The average Bonchev–Trinajstić information content (AvgIpc) is 2.85. The van der Waals surface area contributed by atoms with Gasteiger partial charge >= 0.3 is 0 Å². The van der Waals surface area contributed by atoms with Gasteiger partial charge in [0.25, 0.3) is 5.91 Å². The van der Waals surface area contributed by atoms with Gasteiger partial charge in [0.15, 0.2) is 0 Å². The second kappa shape index (κ2) is 10.9. The van der Waals surface area contributed by atoms with Crippen LogP contribution in [0.25, 0.3) is 0 Å². The van der Waals surface area contributed by atoms with Crippen LogP contribution in [-0.4, -0.2) is 79.4 Å². The molecule has 0 aliphatic carbocycles. The van der Waals surface area contributed by atoms with E-state index in [2.05, 4.69) is 34.3 Å². The van der Waals surface area contributed by atoms with Crippen LogP contribution in [0.15, 0.2) is 54.6 Å². The zero-order valence-corrected chi connectivity index (χ0v) is 19.9. The summed E-state index contributed by atoms with van der Waals surface area (Å²) < 4.78 is 0. The van der Waals surface area contributed by atoms with Gasteiger partial charge in [0.1, 0.15) is 0 Å². The Morgan fingerprint density at radius 1 is 0.970 bits per heavy atom. The van der Waals surface area contributed by atoms with E-state index in [9.17, 15) is 9.59 Å². The Kier molecular flexibility index (Phi) is 7.78. The van der Waals surface area contributed by atoms with Gasteiger partial charge in [-0.05, 0) is 44.5 Å². The van der Waals surface area contributed by atoms with Gasteiger partial charge in [0, 0.05) is 51.4 Å². The van der Waals surface area contributed by atoms with Gasteiger partial charge in [0.05, 0.1) is 12.0 Å². The van der Waals surface area contributed by atoms with E-state index in [-0.39, 0.29) is 23.8 Å². The number of hydrogen-bond donors (Lipinski definition) is 1. The molecule has 2 unspecified atom stereocenters. The van der Waals surface area contributed by atoms with E-state index in [1.807, 2.05) is 54.3 Å². The molecule has 2 heterocycles. The molecule has 33 heavy (non-hydrogen) atoms. The summed E-state index contributed by atoms with van der Waals surface area (Å²) in [7, 11) is 2.15. The number of benzene rings is 2. The molecule has 6 heteroatoms. The maximum atomic E-state index is 13.3. The zero-order chi connectivity index (χ0) is 23.2. The number of nitrogens with one attached hydrogen (secondary N) is 1. The molecule has 2 aromatic carbocycles. The van der Waals surface area contributed by atoms with Gasteiger partial charge in [-0.1, -0.05) is 48.0 Å². The molecule has 4 rings (SSSR count). The fourth-order valence-electron chi connectivity index (χ4n) is 4.75. The van der Waals surface area contributed by atoms with Crippen molar-refractivity contribution in [2.75, 3.05) is 52.9 Å². The summed E-state index contributed by atoms with van der Waals surface area (Å²) in [6.07, 6.45) is 1.67. The molecule has 2 aromatic rings. The largest absolute Gasteiger partial charge is 0.348 e. The quantitative estimate of drug-likeness (QED) is 0.738. The van der Waals surface area contributed by atoms with Gasteiger partial charge < -0.3 is 15.1 Å². The molecule has 2 amide bonds. The summed E-state index contributed by atoms with van der Waals surface area (Å²) in [5.74, 6) is -0.101. The van der Waals surface area contributed by atoms with Crippen LogP contribution < -0.4 is 5.32 Å². The minimum Gasteiger partial charge on any atom is -0.348 e. The Labute approximate surface area is 197 Å². The van der Waals surface area contributed by atoms with Gasteiger partial charge in [-0.3, -0.25) is 14.5 Å². The third kappa shape index (κ3) is 6.21. The van der Waals surface area contributed by atoms with Crippen LogP contribution in [0.3, 0.4) is 0 Å². The number of hydrogen-bond acceptors (Lipinski definition) is 4. The van der Waals surface area contributed by atoms with E-state index in [0.717, 1.165) is 56.7 Å². The molecule has 0 bridgehead atoms. The normalized spacial score (nSPS) is 20.9. The number of carbonyl (C=O) groups excluding carboxylic acids is 2. The van der Waals surface area contributed by atoms with Gasteiger partial charge in [-0.2, -0.15) is 0 Å². The van der Waals surface area contributed by atoms with E-state index in [1.54, 1.807) is 0 Å². The third-order valence-corrected chi connectivity index (χ3v) is 6.93. The van der Waals surface area contributed by atoms with Crippen LogP contribution in [0.5, 0.6) is 0 Å². The number of nitrogens with zero attached hydrogens (tertiary/aromatic N) is 3. The van der Waals surface area contributed by atoms with Crippen molar-refractivity contribution in [3.63, 3.8) is 0 Å². The Bertz CT molecular complexity index is 923. The van der Waals surface area contributed by atoms with E-state index < -0.39 is 0 Å². The molecule has 2 aliphatic heterocycles. The van der Waals surface area contributed by atoms with Gasteiger partial charge in [-0.25, -0.2) is 0 Å². The first-order valence-electron chi connectivity index (χ1n) is 12.1. The van der Waals surface area contributed by atoms with Crippen molar-refractivity contribution in [1.29, 1.82) is 0 Å². The first-order chi connectivity index (χ1) is 16.0. The van der Waals surface area contributed by atoms with Crippen molar-refractivity contribution < 1.29 is 9.59 Å². The number of aryl methyl sites for hydroxylation is 1. The lowest BCUT2D eigenvalue weighted by Gasteiger charge is -2.36. The molecule has 6 nitrogen and oxygen atoms in total.